The van der Waals surface area contributed by atoms with Gasteiger partial charge in [-0.25, -0.2) is 0 Å². The van der Waals surface area contributed by atoms with Crippen LogP contribution in [-0.2, 0) is 4.79 Å². The second kappa shape index (κ2) is 8.36. The van der Waals surface area contributed by atoms with Gasteiger partial charge < -0.3 is 14.8 Å². The summed E-state index contributed by atoms with van der Waals surface area (Å²) in [5, 5.41) is 5.57. The van der Waals surface area contributed by atoms with E-state index in [0.717, 1.165) is 30.9 Å². The highest BCUT2D eigenvalue weighted by molar-refractivity contribution is 5.86. The molecular formula is C25H26N2O3. The highest BCUT2D eigenvalue weighted by atomic mass is 16.6. The number of likely N-dealkylation sites (tertiary alicyclic amines) is 1. The number of nitrogens with one attached hydrogen (secondary N) is 1. The summed E-state index contributed by atoms with van der Waals surface area (Å²) in [5.41, 5.74) is 1.32. The Bertz CT molecular complexity index is 1050. The first-order chi connectivity index (χ1) is 14.8. The topological polar surface area (TPSA) is 50.8 Å². The van der Waals surface area contributed by atoms with E-state index >= 15 is 0 Å². The van der Waals surface area contributed by atoms with Crippen LogP contribution in [0.2, 0.25) is 0 Å². The number of rotatable bonds is 5. The number of ether oxygens (including phenoxy) is 2. The maximum Gasteiger partial charge on any atom is 0.234 e. The fraction of sp³-hybridized carbons (Fsp3) is 0.320. The minimum absolute atomic E-state index is 0.0320. The molecule has 3 aromatic carbocycles. The van der Waals surface area contributed by atoms with E-state index in [1.807, 2.05) is 24.3 Å². The smallest absolute Gasteiger partial charge is 0.234 e. The van der Waals surface area contributed by atoms with Crippen molar-refractivity contribution in [2.24, 2.45) is 0 Å². The predicted molar refractivity (Wildman–Crippen MR) is 117 cm³/mol. The average molecular weight is 402 g/mol. The summed E-state index contributed by atoms with van der Waals surface area (Å²) in [6.45, 7) is 2.23. The molecule has 0 spiro atoms. The zero-order valence-corrected chi connectivity index (χ0v) is 16.9. The largest absolute Gasteiger partial charge is 0.486 e. The molecule has 5 nitrogen and oxygen atoms in total. The van der Waals surface area contributed by atoms with Crippen LogP contribution in [0, 0.1) is 0 Å². The summed E-state index contributed by atoms with van der Waals surface area (Å²) in [4.78, 5) is 15.0. The molecule has 154 valence electrons. The van der Waals surface area contributed by atoms with Gasteiger partial charge in [0.1, 0.15) is 12.7 Å². The summed E-state index contributed by atoms with van der Waals surface area (Å²) >= 11 is 0. The van der Waals surface area contributed by atoms with Crippen LogP contribution in [0.15, 0.2) is 66.7 Å². The van der Waals surface area contributed by atoms with Crippen LogP contribution in [0.5, 0.6) is 11.5 Å². The zero-order valence-electron chi connectivity index (χ0n) is 16.9. The maximum absolute atomic E-state index is 12.7. The Kier molecular flexibility index (Phi) is 5.28. The highest BCUT2D eigenvalue weighted by Gasteiger charge is 2.29. The Morgan fingerprint density at radius 3 is 2.73 bits per heavy atom. The minimum Gasteiger partial charge on any atom is -0.486 e. The van der Waals surface area contributed by atoms with Gasteiger partial charge >= 0.3 is 0 Å². The normalized spacial score (nSPS) is 20.9. The van der Waals surface area contributed by atoms with Crippen molar-refractivity contribution in [2.45, 2.75) is 25.0 Å². The lowest BCUT2D eigenvalue weighted by atomic mass is 9.97. The molecule has 2 unspecified atom stereocenters. The maximum atomic E-state index is 12.7. The van der Waals surface area contributed by atoms with Crippen LogP contribution in [0.4, 0.5) is 0 Å². The van der Waals surface area contributed by atoms with E-state index in [1.54, 1.807) is 0 Å². The van der Waals surface area contributed by atoms with Gasteiger partial charge in [-0.1, -0.05) is 54.6 Å². The number of carbonyl (C=O) groups excluding carboxylic acids is 1. The van der Waals surface area contributed by atoms with Crippen LogP contribution >= 0.6 is 0 Å². The third-order valence-corrected chi connectivity index (χ3v) is 5.99. The van der Waals surface area contributed by atoms with Crippen molar-refractivity contribution in [3.05, 3.63) is 72.3 Å². The van der Waals surface area contributed by atoms with E-state index < -0.39 is 0 Å². The molecule has 2 aliphatic heterocycles. The Balaban J connectivity index is 1.21. The van der Waals surface area contributed by atoms with E-state index in [0.29, 0.717) is 19.7 Å². The second-order valence-corrected chi connectivity index (χ2v) is 8.00. The molecule has 0 saturated carbocycles. The van der Waals surface area contributed by atoms with Crippen LogP contribution in [0.3, 0.4) is 0 Å². The summed E-state index contributed by atoms with van der Waals surface area (Å²) in [6, 6.07) is 22.9. The molecule has 1 saturated heterocycles. The first kappa shape index (κ1) is 18.9. The zero-order chi connectivity index (χ0) is 20.3. The first-order valence-electron chi connectivity index (χ1n) is 10.6. The van der Waals surface area contributed by atoms with Gasteiger partial charge in [-0.15, -0.1) is 0 Å². The number of nitrogens with zero attached hydrogens (tertiary/aromatic N) is 1. The van der Waals surface area contributed by atoms with E-state index in [4.69, 9.17) is 9.47 Å². The number of para-hydroxylation sites is 2. The van der Waals surface area contributed by atoms with Gasteiger partial charge in [-0.3, -0.25) is 9.69 Å². The minimum atomic E-state index is -0.170. The van der Waals surface area contributed by atoms with Crippen molar-refractivity contribution >= 4 is 16.7 Å². The lowest BCUT2D eigenvalue weighted by Crippen LogP contribution is -2.44. The summed E-state index contributed by atoms with van der Waals surface area (Å²) in [5.74, 6) is 1.53. The van der Waals surface area contributed by atoms with E-state index in [9.17, 15) is 4.79 Å². The van der Waals surface area contributed by atoms with E-state index in [-0.39, 0.29) is 18.1 Å². The lowest BCUT2D eigenvalue weighted by Gasteiger charge is -2.28. The predicted octanol–water partition coefficient (Wildman–Crippen LogP) is 3.93. The Morgan fingerprint density at radius 2 is 1.80 bits per heavy atom. The number of fused-ring (bicyclic) bond motifs is 2. The Morgan fingerprint density at radius 1 is 1.00 bits per heavy atom. The summed E-state index contributed by atoms with van der Waals surface area (Å²) < 4.78 is 11.7. The monoisotopic (exact) mass is 402 g/mol. The molecule has 1 N–H and O–H groups in total. The lowest BCUT2D eigenvalue weighted by molar-refractivity contribution is -0.123. The van der Waals surface area contributed by atoms with Crippen molar-refractivity contribution in [3.63, 3.8) is 0 Å². The van der Waals surface area contributed by atoms with Crippen LogP contribution in [-0.4, -0.2) is 43.2 Å². The fourth-order valence-electron chi connectivity index (χ4n) is 4.54. The number of hydrogen-bond acceptors (Lipinski definition) is 4. The quantitative estimate of drug-likeness (QED) is 0.703. The Labute approximate surface area is 176 Å². The van der Waals surface area contributed by atoms with Crippen LogP contribution in [0.25, 0.3) is 10.8 Å². The van der Waals surface area contributed by atoms with Gasteiger partial charge in [0.15, 0.2) is 11.5 Å². The van der Waals surface area contributed by atoms with Crippen molar-refractivity contribution < 1.29 is 14.3 Å². The van der Waals surface area contributed by atoms with Gasteiger partial charge in [0.05, 0.1) is 13.1 Å². The van der Waals surface area contributed by atoms with Gasteiger partial charge in [0.25, 0.3) is 0 Å². The highest BCUT2D eigenvalue weighted by Crippen LogP contribution is 2.35. The molecule has 2 aliphatic rings. The van der Waals surface area contributed by atoms with Crippen LogP contribution < -0.4 is 14.8 Å². The first-order valence-corrected chi connectivity index (χ1v) is 10.6. The molecule has 3 aromatic rings. The third-order valence-electron chi connectivity index (χ3n) is 5.99. The number of benzene rings is 3. The molecule has 0 bridgehead atoms. The number of hydrogen-bond donors (Lipinski definition) is 1. The molecule has 30 heavy (non-hydrogen) atoms. The van der Waals surface area contributed by atoms with Crippen LogP contribution in [0.1, 0.15) is 24.4 Å². The van der Waals surface area contributed by atoms with Gasteiger partial charge in [0.2, 0.25) is 5.91 Å². The molecule has 0 radical (unpaired) electrons. The van der Waals surface area contributed by atoms with Crippen molar-refractivity contribution in [1.29, 1.82) is 0 Å². The molecule has 1 fully saturated rings. The molecular weight excluding hydrogens is 376 g/mol. The SMILES string of the molecule is O=C(CN1CCCC1c1cccc2ccccc12)NCC1COc2ccccc2O1. The third kappa shape index (κ3) is 3.85. The standard InChI is InChI=1S/C25H26N2O3/c28-25(26-15-19-17-29-23-12-3-4-13-24(23)30-19)16-27-14-6-11-22(27)21-10-5-8-18-7-1-2-9-20(18)21/h1-5,7-10,12-13,19,22H,6,11,14-17H2,(H,26,28). The number of carbonyl (C=O) groups is 1. The Hall–Kier alpha value is -3.05. The molecule has 0 aliphatic carbocycles. The van der Waals surface area contributed by atoms with Gasteiger partial charge in [-0.05, 0) is 47.9 Å². The van der Waals surface area contributed by atoms with E-state index in [2.05, 4.69) is 52.7 Å². The van der Waals surface area contributed by atoms with Crippen molar-refractivity contribution in [3.8, 4) is 11.5 Å². The molecule has 2 heterocycles. The van der Waals surface area contributed by atoms with Gasteiger partial charge in [-0.2, -0.15) is 0 Å². The van der Waals surface area contributed by atoms with Gasteiger partial charge in [0, 0.05) is 6.04 Å². The van der Waals surface area contributed by atoms with Crippen molar-refractivity contribution in [1.82, 2.24) is 10.2 Å². The molecule has 0 aromatic heterocycles. The average Bonchev–Trinajstić information content (AvgIpc) is 3.25. The molecule has 1 amide bonds. The van der Waals surface area contributed by atoms with Crippen molar-refractivity contribution in [2.75, 3.05) is 26.2 Å². The molecule has 5 rings (SSSR count). The summed E-state index contributed by atoms with van der Waals surface area (Å²) in [6.07, 6.45) is 2.02. The summed E-state index contributed by atoms with van der Waals surface area (Å²) in [7, 11) is 0. The second-order valence-electron chi connectivity index (χ2n) is 8.00. The molecule has 5 heteroatoms. The van der Waals surface area contributed by atoms with E-state index in [1.165, 1.54) is 16.3 Å². The molecule has 2 atom stereocenters. The number of amides is 1. The fourth-order valence-corrected chi connectivity index (χ4v) is 4.54.